The summed E-state index contributed by atoms with van der Waals surface area (Å²) in [5.74, 6) is -1.44. The molecule has 1 aromatic rings. The number of aliphatic hydroxyl groups is 1. The van der Waals surface area contributed by atoms with Crippen molar-refractivity contribution in [2.45, 2.75) is 6.10 Å². The smallest absolute Gasteiger partial charge is 0.309 e. The minimum Gasteiger partial charge on any atom is -0.387 e. The molecule has 0 aliphatic carbocycles. The van der Waals surface area contributed by atoms with Crippen LogP contribution in [0, 0.1) is 0 Å². The van der Waals surface area contributed by atoms with Gasteiger partial charge in [0, 0.05) is 39.4 Å². The molecule has 0 spiro atoms. The second kappa shape index (κ2) is 9.12. The molecule has 1 unspecified atom stereocenters. The van der Waals surface area contributed by atoms with Crippen LogP contribution in [0.1, 0.15) is 11.7 Å². The average Bonchev–Trinajstić information content (AvgIpc) is 2.51. The number of benzene rings is 1. The van der Waals surface area contributed by atoms with Gasteiger partial charge < -0.3 is 25.5 Å². The highest BCUT2D eigenvalue weighted by Crippen LogP contribution is 2.17. The maximum absolute atomic E-state index is 11.6. The number of nitrogens with one attached hydrogen (secondary N) is 2. The van der Waals surface area contributed by atoms with Crippen LogP contribution >= 0.6 is 0 Å². The minimum atomic E-state index is -0.857. The second-order valence-electron chi connectivity index (χ2n) is 5.77. The minimum absolute atomic E-state index is 0.0127. The Balaban J connectivity index is 2.41. The van der Waals surface area contributed by atoms with Gasteiger partial charge in [0.15, 0.2) is 0 Å². The highest BCUT2D eigenvalue weighted by Gasteiger charge is 2.15. The van der Waals surface area contributed by atoms with Crippen LogP contribution in [-0.4, -0.2) is 69.6 Å². The maximum Gasteiger partial charge on any atom is 0.309 e. The molecule has 3 N–H and O–H groups in total. The zero-order valence-electron chi connectivity index (χ0n) is 14.2. The molecule has 0 saturated heterocycles. The molecule has 2 amide bonds. The van der Waals surface area contributed by atoms with Crippen LogP contribution in [0.4, 0.5) is 5.69 Å². The molecule has 1 atom stereocenters. The van der Waals surface area contributed by atoms with Crippen LogP contribution < -0.4 is 15.5 Å². The Bertz CT molecular complexity index is 515. The predicted octanol–water partition coefficient (Wildman–Crippen LogP) is -0.420. The van der Waals surface area contributed by atoms with Gasteiger partial charge in [-0.3, -0.25) is 9.59 Å². The lowest BCUT2D eigenvalue weighted by Crippen LogP contribution is -2.43. The summed E-state index contributed by atoms with van der Waals surface area (Å²) < 4.78 is 0. The number of rotatable bonds is 7. The van der Waals surface area contributed by atoms with Crippen molar-refractivity contribution in [3.05, 3.63) is 29.8 Å². The molecule has 0 aromatic heterocycles. The standard InChI is InChI=1S/C16H26N4O3/c1-19(2)10-9-17-15(22)16(23)18-11-14(21)12-5-7-13(8-6-12)20(3)4/h5-8,14,21H,9-11H2,1-4H3,(H,17,22)(H,18,23). The molecule has 7 heteroatoms. The van der Waals surface area contributed by atoms with Crippen molar-refractivity contribution in [1.82, 2.24) is 15.5 Å². The van der Waals surface area contributed by atoms with Crippen LogP contribution in [0.15, 0.2) is 24.3 Å². The fourth-order valence-corrected chi connectivity index (χ4v) is 1.86. The third-order valence-electron chi connectivity index (χ3n) is 3.30. The van der Waals surface area contributed by atoms with E-state index in [9.17, 15) is 14.7 Å². The van der Waals surface area contributed by atoms with Crippen LogP contribution in [0.5, 0.6) is 0 Å². The van der Waals surface area contributed by atoms with E-state index in [1.807, 2.05) is 50.1 Å². The quantitative estimate of drug-likeness (QED) is 0.594. The molecular formula is C16H26N4O3. The largest absolute Gasteiger partial charge is 0.387 e. The predicted molar refractivity (Wildman–Crippen MR) is 90.3 cm³/mol. The van der Waals surface area contributed by atoms with Gasteiger partial charge in [-0.15, -0.1) is 0 Å². The molecule has 128 valence electrons. The van der Waals surface area contributed by atoms with Gasteiger partial charge in [-0.2, -0.15) is 0 Å². The van der Waals surface area contributed by atoms with Gasteiger partial charge in [0.1, 0.15) is 0 Å². The Hall–Kier alpha value is -2.12. The summed E-state index contributed by atoms with van der Waals surface area (Å²) in [6.07, 6.45) is -0.857. The van der Waals surface area contributed by atoms with Gasteiger partial charge in [0.2, 0.25) is 0 Å². The first-order chi connectivity index (χ1) is 10.8. The number of carbonyl (C=O) groups excluding carboxylic acids is 2. The first-order valence-electron chi connectivity index (χ1n) is 7.47. The normalized spacial score (nSPS) is 11.9. The maximum atomic E-state index is 11.6. The number of hydrogen-bond donors (Lipinski definition) is 3. The van der Waals surface area contributed by atoms with Crippen LogP contribution in [-0.2, 0) is 9.59 Å². The van der Waals surface area contributed by atoms with E-state index in [0.29, 0.717) is 18.7 Å². The molecular weight excluding hydrogens is 296 g/mol. The number of hydrogen-bond acceptors (Lipinski definition) is 5. The van der Waals surface area contributed by atoms with Gasteiger partial charge in [-0.05, 0) is 31.8 Å². The Morgan fingerprint density at radius 3 is 2.13 bits per heavy atom. The Morgan fingerprint density at radius 1 is 1.04 bits per heavy atom. The zero-order valence-corrected chi connectivity index (χ0v) is 14.2. The van der Waals surface area contributed by atoms with Crippen molar-refractivity contribution < 1.29 is 14.7 Å². The Morgan fingerprint density at radius 2 is 1.61 bits per heavy atom. The van der Waals surface area contributed by atoms with Gasteiger partial charge in [0.05, 0.1) is 6.10 Å². The van der Waals surface area contributed by atoms with E-state index in [4.69, 9.17) is 0 Å². The third kappa shape index (κ3) is 6.66. The number of nitrogens with zero attached hydrogens (tertiary/aromatic N) is 2. The van der Waals surface area contributed by atoms with Crippen molar-refractivity contribution >= 4 is 17.5 Å². The van der Waals surface area contributed by atoms with Crippen molar-refractivity contribution in [2.75, 3.05) is 52.7 Å². The third-order valence-corrected chi connectivity index (χ3v) is 3.30. The van der Waals surface area contributed by atoms with Crippen LogP contribution in [0.2, 0.25) is 0 Å². The molecule has 0 aliphatic heterocycles. The molecule has 0 heterocycles. The van der Waals surface area contributed by atoms with Gasteiger partial charge in [0.25, 0.3) is 0 Å². The summed E-state index contributed by atoms with van der Waals surface area (Å²) in [7, 11) is 7.62. The molecule has 23 heavy (non-hydrogen) atoms. The summed E-state index contributed by atoms with van der Waals surface area (Å²) in [6, 6.07) is 7.36. The number of anilines is 1. The van der Waals surface area contributed by atoms with E-state index < -0.39 is 17.9 Å². The Labute approximate surface area is 137 Å². The topological polar surface area (TPSA) is 84.9 Å². The van der Waals surface area contributed by atoms with Gasteiger partial charge >= 0.3 is 11.8 Å². The fraction of sp³-hybridized carbons (Fsp3) is 0.500. The molecule has 7 nitrogen and oxygen atoms in total. The zero-order chi connectivity index (χ0) is 17.4. The summed E-state index contributed by atoms with van der Waals surface area (Å²) >= 11 is 0. The first kappa shape index (κ1) is 18.9. The fourth-order valence-electron chi connectivity index (χ4n) is 1.86. The number of likely N-dealkylation sites (N-methyl/N-ethyl adjacent to an activating group) is 1. The SMILES string of the molecule is CN(C)CCNC(=O)C(=O)NCC(O)c1ccc(N(C)C)cc1. The van der Waals surface area contributed by atoms with Crippen molar-refractivity contribution in [2.24, 2.45) is 0 Å². The number of amides is 2. The molecule has 0 radical (unpaired) electrons. The van der Waals surface area contributed by atoms with E-state index in [-0.39, 0.29) is 6.54 Å². The summed E-state index contributed by atoms with van der Waals surface area (Å²) in [5.41, 5.74) is 1.70. The van der Waals surface area contributed by atoms with Crippen molar-refractivity contribution in [3.63, 3.8) is 0 Å². The average molecular weight is 322 g/mol. The first-order valence-corrected chi connectivity index (χ1v) is 7.47. The lowest BCUT2D eigenvalue weighted by molar-refractivity contribution is -0.139. The van der Waals surface area contributed by atoms with E-state index in [2.05, 4.69) is 10.6 Å². The van der Waals surface area contributed by atoms with Crippen molar-refractivity contribution in [1.29, 1.82) is 0 Å². The van der Waals surface area contributed by atoms with E-state index in [1.54, 1.807) is 12.1 Å². The van der Waals surface area contributed by atoms with Crippen LogP contribution in [0.3, 0.4) is 0 Å². The molecule has 0 aliphatic rings. The lowest BCUT2D eigenvalue weighted by Gasteiger charge is -2.16. The Kier molecular flexibility index (Phi) is 7.50. The molecule has 0 bridgehead atoms. The second-order valence-corrected chi connectivity index (χ2v) is 5.77. The summed E-state index contributed by atoms with van der Waals surface area (Å²) in [5, 5.41) is 15.0. The molecule has 1 aromatic carbocycles. The van der Waals surface area contributed by atoms with E-state index in [0.717, 1.165) is 5.69 Å². The molecule has 0 fully saturated rings. The molecule has 0 saturated carbocycles. The lowest BCUT2D eigenvalue weighted by atomic mass is 10.1. The summed E-state index contributed by atoms with van der Waals surface area (Å²) in [4.78, 5) is 27.1. The number of carbonyl (C=O) groups is 2. The van der Waals surface area contributed by atoms with E-state index >= 15 is 0 Å². The monoisotopic (exact) mass is 322 g/mol. The van der Waals surface area contributed by atoms with Gasteiger partial charge in [-0.25, -0.2) is 0 Å². The number of aliphatic hydroxyl groups excluding tert-OH is 1. The van der Waals surface area contributed by atoms with Crippen LogP contribution in [0.25, 0.3) is 0 Å². The van der Waals surface area contributed by atoms with Crippen molar-refractivity contribution in [3.8, 4) is 0 Å². The summed E-state index contributed by atoms with van der Waals surface area (Å²) in [6.45, 7) is 1.04. The highest BCUT2D eigenvalue weighted by atomic mass is 16.3. The van der Waals surface area contributed by atoms with Gasteiger partial charge in [-0.1, -0.05) is 12.1 Å². The molecule has 1 rings (SSSR count). The highest BCUT2D eigenvalue weighted by molar-refractivity contribution is 6.35. The van der Waals surface area contributed by atoms with E-state index in [1.165, 1.54) is 0 Å².